The molecule has 1 aromatic carbocycles. The van der Waals surface area contributed by atoms with Gasteiger partial charge < -0.3 is 14.6 Å². The van der Waals surface area contributed by atoms with Crippen LogP contribution in [-0.2, 0) is 4.74 Å². The highest BCUT2D eigenvalue weighted by molar-refractivity contribution is 9.10. The Labute approximate surface area is 131 Å². The van der Waals surface area contributed by atoms with E-state index in [0.29, 0.717) is 18.8 Å². The standard InChI is InChI=1S/C16H17BrN2O2/c17-11-4-5-12-10(8-11)9-13(18-12)16(20)19-6-7-21-15-3-1-2-14(15)19/h4-5,8-9,14-15,18H,1-3,6-7H2/t14-,15+/m1/s1. The van der Waals surface area contributed by atoms with E-state index < -0.39 is 0 Å². The number of amides is 1. The number of hydrogen-bond acceptors (Lipinski definition) is 2. The number of halogens is 1. The van der Waals surface area contributed by atoms with Crippen molar-refractivity contribution in [1.29, 1.82) is 0 Å². The van der Waals surface area contributed by atoms with Crippen LogP contribution in [0.1, 0.15) is 29.8 Å². The van der Waals surface area contributed by atoms with Gasteiger partial charge in [-0.05, 0) is 43.5 Å². The predicted molar refractivity (Wildman–Crippen MR) is 84.4 cm³/mol. The number of aromatic nitrogens is 1. The molecule has 110 valence electrons. The van der Waals surface area contributed by atoms with Crippen molar-refractivity contribution >= 4 is 32.7 Å². The van der Waals surface area contributed by atoms with Crippen LogP contribution in [0.25, 0.3) is 10.9 Å². The molecule has 1 aromatic heterocycles. The maximum absolute atomic E-state index is 12.8. The van der Waals surface area contributed by atoms with Crippen LogP contribution in [0.2, 0.25) is 0 Å². The van der Waals surface area contributed by atoms with E-state index in [1.54, 1.807) is 0 Å². The number of nitrogens with zero attached hydrogens (tertiary/aromatic N) is 1. The van der Waals surface area contributed by atoms with Gasteiger partial charge in [0.25, 0.3) is 5.91 Å². The first kappa shape index (κ1) is 13.3. The van der Waals surface area contributed by atoms with E-state index in [1.165, 1.54) is 0 Å². The van der Waals surface area contributed by atoms with Crippen molar-refractivity contribution in [2.45, 2.75) is 31.4 Å². The molecular weight excluding hydrogens is 332 g/mol. The Hall–Kier alpha value is -1.33. The summed E-state index contributed by atoms with van der Waals surface area (Å²) in [6.45, 7) is 1.34. The van der Waals surface area contributed by atoms with E-state index in [0.717, 1.165) is 34.6 Å². The molecule has 21 heavy (non-hydrogen) atoms. The van der Waals surface area contributed by atoms with Crippen LogP contribution in [0.15, 0.2) is 28.7 Å². The van der Waals surface area contributed by atoms with Gasteiger partial charge in [-0.1, -0.05) is 15.9 Å². The lowest BCUT2D eigenvalue weighted by Gasteiger charge is -2.37. The Morgan fingerprint density at radius 1 is 1.33 bits per heavy atom. The molecule has 1 saturated heterocycles. The van der Waals surface area contributed by atoms with Gasteiger partial charge in [-0.15, -0.1) is 0 Å². The van der Waals surface area contributed by atoms with Crippen LogP contribution in [0.5, 0.6) is 0 Å². The third-order valence-corrected chi connectivity index (χ3v) is 5.05. The number of H-pyrrole nitrogens is 1. The molecule has 2 fully saturated rings. The summed E-state index contributed by atoms with van der Waals surface area (Å²) >= 11 is 3.47. The molecule has 0 spiro atoms. The third-order valence-electron chi connectivity index (χ3n) is 4.56. The lowest BCUT2D eigenvalue weighted by molar-refractivity contribution is -0.0446. The third kappa shape index (κ3) is 2.28. The monoisotopic (exact) mass is 348 g/mol. The number of ether oxygens (including phenoxy) is 1. The number of rotatable bonds is 1. The zero-order chi connectivity index (χ0) is 14.4. The molecule has 1 saturated carbocycles. The van der Waals surface area contributed by atoms with Gasteiger partial charge in [0.1, 0.15) is 5.69 Å². The second kappa shape index (κ2) is 5.14. The van der Waals surface area contributed by atoms with Crippen molar-refractivity contribution in [3.05, 3.63) is 34.4 Å². The van der Waals surface area contributed by atoms with Gasteiger partial charge in [-0.25, -0.2) is 0 Å². The Bertz CT molecular complexity index is 697. The first-order chi connectivity index (χ1) is 10.2. The molecule has 2 heterocycles. The highest BCUT2D eigenvalue weighted by Gasteiger charge is 2.38. The Morgan fingerprint density at radius 3 is 3.14 bits per heavy atom. The highest BCUT2D eigenvalue weighted by atomic mass is 79.9. The van der Waals surface area contributed by atoms with Gasteiger partial charge in [0, 0.05) is 21.9 Å². The highest BCUT2D eigenvalue weighted by Crippen LogP contribution is 2.31. The molecule has 0 unspecified atom stereocenters. The molecule has 0 bridgehead atoms. The van der Waals surface area contributed by atoms with Crippen LogP contribution in [-0.4, -0.2) is 41.1 Å². The molecule has 4 nitrogen and oxygen atoms in total. The minimum atomic E-state index is 0.0996. The summed E-state index contributed by atoms with van der Waals surface area (Å²) in [5, 5.41) is 1.06. The molecular formula is C16H17BrN2O2. The van der Waals surface area contributed by atoms with Crippen LogP contribution >= 0.6 is 15.9 Å². The van der Waals surface area contributed by atoms with E-state index in [9.17, 15) is 4.79 Å². The van der Waals surface area contributed by atoms with E-state index in [1.807, 2.05) is 29.2 Å². The average molecular weight is 349 g/mol. The number of carbonyl (C=O) groups excluding carboxylic acids is 1. The van der Waals surface area contributed by atoms with E-state index >= 15 is 0 Å². The molecule has 0 radical (unpaired) electrons. The number of fused-ring (bicyclic) bond motifs is 2. The fourth-order valence-electron chi connectivity index (χ4n) is 3.55. The maximum Gasteiger partial charge on any atom is 0.270 e. The maximum atomic E-state index is 12.8. The van der Waals surface area contributed by atoms with Crippen molar-refractivity contribution in [3.8, 4) is 0 Å². The van der Waals surface area contributed by atoms with Crippen LogP contribution in [0.3, 0.4) is 0 Å². The van der Waals surface area contributed by atoms with Gasteiger partial charge in [-0.3, -0.25) is 4.79 Å². The van der Waals surface area contributed by atoms with E-state index in [-0.39, 0.29) is 18.1 Å². The molecule has 1 aliphatic carbocycles. The number of hydrogen-bond donors (Lipinski definition) is 1. The Morgan fingerprint density at radius 2 is 2.24 bits per heavy atom. The predicted octanol–water partition coefficient (Wildman–Crippen LogP) is 3.32. The lowest BCUT2D eigenvalue weighted by atomic mass is 10.1. The number of morpholine rings is 1. The summed E-state index contributed by atoms with van der Waals surface area (Å²) < 4.78 is 6.81. The summed E-state index contributed by atoms with van der Waals surface area (Å²) in [5.74, 6) is 0.0996. The molecule has 5 heteroatoms. The van der Waals surface area contributed by atoms with Gasteiger partial charge >= 0.3 is 0 Å². The van der Waals surface area contributed by atoms with Crippen molar-refractivity contribution in [3.63, 3.8) is 0 Å². The number of nitrogens with one attached hydrogen (secondary N) is 1. The normalized spacial score (nSPS) is 25.3. The second-order valence-electron chi connectivity index (χ2n) is 5.82. The largest absolute Gasteiger partial charge is 0.374 e. The van der Waals surface area contributed by atoms with Gasteiger partial charge in [0.2, 0.25) is 0 Å². The van der Waals surface area contributed by atoms with Crippen molar-refractivity contribution < 1.29 is 9.53 Å². The lowest BCUT2D eigenvalue weighted by Crippen LogP contribution is -2.51. The fraction of sp³-hybridized carbons (Fsp3) is 0.438. The summed E-state index contributed by atoms with van der Waals surface area (Å²) in [5.41, 5.74) is 1.67. The number of aromatic amines is 1. The van der Waals surface area contributed by atoms with E-state index in [4.69, 9.17) is 4.74 Å². The summed E-state index contributed by atoms with van der Waals surface area (Å²) in [6, 6.07) is 8.20. The summed E-state index contributed by atoms with van der Waals surface area (Å²) in [7, 11) is 0. The molecule has 2 aliphatic rings. The Kier molecular flexibility index (Phi) is 3.27. The summed E-state index contributed by atoms with van der Waals surface area (Å²) in [6.07, 6.45) is 3.52. The zero-order valence-corrected chi connectivity index (χ0v) is 13.2. The zero-order valence-electron chi connectivity index (χ0n) is 11.6. The van der Waals surface area contributed by atoms with Crippen molar-refractivity contribution in [1.82, 2.24) is 9.88 Å². The Balaban J connectivity index is 1.66. The smallest absolute Gasteiger partial charge is 0.270 e. The van der Waals surface area contributed by atoms with Gasteiger partial charge in [0.05, 0.1) is 18.8 Å². The molecule has 2 aromatic rings. The molecule has 1 amide bonds. The quantitative estimate of drug-likeness (QED) is 0.859. The number of benzene rings is 1. The van der Waals surface area contributed by atoms with Crippen molar-refractivity contribution in [2.24, 2.45) is 0 Å². The second-order valence-corrected chi connectivity index (χ2v) is 6.74. The minimum Gasteiger partial charge on any atom is -0.374 e. The molecule has 1 aliphatic heterocycles. The minimum absolute atomic E-state index is 0.0996. The molecule has 4 rings (SSSR count). The van der Waals surface area contributed by atoms with Crippen molar-refractivity contribution in [2.75, 3.05) is 13.2 Å². The van der Waals surface area contributed by atoms with E-state index in [2.05, 4.69) is 20.9 Å². The fourth-order valence-corrected chi connectivity index (χ4v) is 3.93. The average Bonchev–Trinajstić information content (AvgIpc) is 3.11. The summed E-state index contributed by atoms with van der Waals surface area (Å²) in [4.78, 5) is 18.1. The SMILES string of the molecule is O=C(c1cc2cc(Br)ccc2[nH]1)N1CCO[C@H]2CCC[C@H]21. The number of carbonyl (C=O) groups is 1. The molecule has 2 atom stereocenters. The van der Waals surface area contributed by atoms with Crippen LogP contribution in [0.4, 0.5) is 0 Å². The first-order valence-electron chi connectivity index (χ1n) is 7.43. The molecule has 1 N–H and O–H groups in total. The van der Waals surface area contributed by atoms with Crippen LogP contribution in [0, 0.1) is 0 Å². The van der Waals surface area contributed by atoms with Crippen LogP contribution < -0.4 is 0 Å². The van der Waals surface area contributed by atoms with Gasteiger partial charge in [0.15, 0.2) is 0 Å². The topological polar surface area (TPSA) is 45.3 Å². The first-order valence-corrected chi connectivity index (χ1v) is 8.22. The van der Waals surface area contributed by atoms with Gasteiger partial charge in [-0.2, -0.15) is 0 Å².